The lowest BCUT2D eigenvalue weighted by molar-refractivity contribution is 0.318. The van der Waals surface area contributed by atoms with Gasteiger partial charge in [-0.1, -0.05) is 6.92 Å². The van der Waals surface area contributed by atoms with Crippen molar-refractivity contribution in [2.75, 3.05) is 13.6 Å². The molecule has 0 spiro atoms. The molecule has 0 aromatic carbocycles. The zero-order chi connectivity index (χ0) is 14.4. The summed E-state index contributed by atoms with van der Waals surface area (Å²) in [5.41, 5.74) is 1.18. The first kappa shape index (κ1) is 15.6. The third-order valence-electron chi connectivity index (χ3n) is 2.97. The van der Waals surface area contributed by atoms with Gasteiger partial charge in [0.15, 0.2) is 0 Å². The molecule has 20 heavy (non-hydrogen) atoms. The summed E-state index contributed by atoms with van der Waals surface area (Å²) in [6, 6.07) is 4.49. The van der Waals surface area contributed by atoms with Crippen molar-refractivity contribution < 1.29 is 0 Å². The summed E-state index contributed by atoms with van der Waals surface area (Å²) in [6.45, 7) is 8.26. The van der Waals surface area contributed by atoms with E-state index >= 15 is 0 Å². The molecule has 0 aliphatic heterocycles. The Morgan fingerprint density at radius 1 is 1.25 bits per heavy atom. The Bertz CT molecular complexity index is 519. The summed E-state index contributed by atoms with van der Waals surface area (Å²) in [5, 5.41) is 6.75. The molecule has 1 N–H and O–H groups in total. The molecule has 5 heteroatoms. The van der Waals surface area contributed by atoms with E-state index in [1.807, 2.05) is 11.3 Å². The molecule has 0 amide bonds. The fourth-order valence-electron chi connectivity index (χ4n) is 2.07. The fraction of sp³-hybridized carbons (Fsp3) is 0.533. The second-order valence-electron chi connectivity index (χ2n) is 5.07. The maximum absolute atomic E-state index is 4.52. The summed E-state index contributed by atoms with van der Waals surface area (Å²) < 4.78 is 0. The van der Waals surface area contributed by atoms with Crippen LogP contribution in [0.3, 0.4) is 0 Å². The van der Waals surface area contributed by atoms with E-state index in [1.165, 1.54) is 21.9 Å². The highest BCUT2D eigenvalue weighted by atomic mass is 32.1. The summed E-state index contributed by atoms with van der Waals surface area (Å²) >= 11 is 3.63. The van der Waals surface area contributed by atoms with Gasteiger partial charge in [0.1, 0.15) is 0 Å². The van der Waals surface area contributed by atoms with Gasteiger partial charge >= 0.3 is 0 Å². The Morgan fingerprint density at radius 3 is 2.75 bits per heavy atom. The average molecular weight is 310 g/mol. The fourth-order valence-corrected chi connectivity index (χ4v) is 3.74. The number of aryl methyl sites for hydroxylation is 1. The van der Waals surface area contributed by atoms with Crippen molar-refractivity contribution in [3.8, 4) is 0 Å². The molecule has 2 rings (SSSR count). The van der Waals surface area contributed by atoms with Crippen LogP contribution < -0.4 is 5.32 Å². The Morgan fingerprint density at radius 2 is 2.05 bits per heavy atom. The number of nitrogens with zero attached hydrogens (tertiary/aromatic N) is 2. The minimum absolute atomic E-state index is 0.922. The zero-order valence-electron chi connectivity index (χ0n) is 12.5. The first-order chi connectivity index (χ1) is 9.67. The van der Waals surface area contributed by atoms with Crippen molar-refractivity contribution in [3.05, 3.63) is 38.0 Å². The van der Waals surface area contributed by atoms with Gasteiger partial charge in [0, 0.05) is 34.8 Å². The second kappa shape index (κ2) is 7.88. The normalized spacial score (nSPS) is 11.4. The van der Waals surface area contributed by atoms with Gasteiger partial charge < -0.3 is 5.32 Å². The van der Waals surface area contributed by atoms with Gasteiger partial charge in [-0.3, -0.25) is 4.90 Å². The van der Waals surface area contributed by atoms with Crippen LogP contribution in [-0.2, 0) is 19.6 Å². The average Bonchev–Trinajstić information content (AvgIpc) is 2.99. The largest absolute Gasteiger partial charge is 0.312 e. The molecule has 3 nitrogen and oxygen atoms in total. The minimum atomic E-state index is 0.922. The molecule has 0 aliphatic carbocycles. The number of thiophene rings is 1. The molecule has 110 valence electrons. The van der Waals surface area contributed by atoms with Crippen LogP contribution in [0, 0.1) is 6.92 Å². The van der Waals surface area contributed by atoms with E-state index in [9.17, 15) is 0 Å². The Hall–Kier alpha value is -0.750. The first-order valence-corrected chi connectivity index (χ1v) is 8.75. The predicted molar refractivity (Wildman–Crippen MR) is 88.3 cm³/mol. The van der Waals surface area contributed by atoms with Crippen molar-refractivity contribution in [2.45, 2.75) is 39.9 Å². The summed E-state index contributed by atoms with van der Waals surface area (Å²) in [7, 11) is 2.16. The van der Waals surface area contributed by atoms with E-state index < -0.39 is 0 Å². The molecule has 0 atom stereocenters. The number of rotatable bonds is 8. The molecule has 2 aromatic heterocycles. The molecule has 0 bridgehead atoms. The standard InChI is InChI=1S/C15H23N3S2/c1-4-7-16-8-14-5-6-15(20-14)10-18(3)9-13-11-19-12(2)17-13/h5-6,11,16H,4,7-10H2,1-3H3. The van der Waals surface area contributed by atoms with Crippen LogP contribution in [0.2, 0.25) is 0 Å². The minimum Gasteiger partial charge on any atom is -0.312 e. The van der Waals surface area contributed by atoms with Gasteiger partial charge in [-0.2, -0.15) is 0 Å². The van der Waals surface area contributed by atoms with Crippen LogP contribution in [-0.4, -0.2) is 23.5 Å². The maximum atomic E-state index is 4.52. The van der Waals surface area contributed by atoms with E-state index in [4.69, 9.17) is 0 Å². The molecule has 2 heterocycles. The lowest BCUT2D eigenvalue weighted by Gasteiger charge is -2.13. The van der Waals surface area contributed by atoms with Crippen molar-refractivity contribution in [1.29, 1.82) is 0 Å². The van der Waals surface area contributed by atoms with E-state index in [-0.39, 0.29) is 0 Å². The van der Waals surface area contributed by atoms with Gasteiger partial charge in [-0.15, -0.1) is 22.7 Å². The third kappa shape index (κ3) is 4.98. The molecule has 0 saturated carbocycles. The highest BCUT2D eigenvalue weighted by Crippen LogP contribution is 2.19. The molecule has 0 fully saturated rings. The van der Waals surface area contributed by atoms with E-state index in [0.29, 0.717) is 0 Å². The van der Waals surface area contributed by atoms with Gasteiger partial charge in [-0.25, -0.2) is 4.98 Å². The summed E-state index contributed by atoms with van der Waals surface area (Å²) in [4.78, 5) is 9.69. The van der Waals surface area contributed by atoms with Crippen molar-refractivity contribution in [3.63, 3.8) is 0 Å². The topological polar surface area (TPSA) is 28.2 Å². The smallest absolute Gasteiger partial charge is 0.0897 e. The number of aromatic nitrogens is 1. The van der Waals surface area contributed by atoms with Crippen molar-refractivity contribution >= 4 is 22.7 Å². The van der Waals surface area contributed by atoms with E-state index in [0.717, 1.165) is 31.2 Å². The van der Waals surface area contributed by atoms with Crippen LogP contribution in [0.15, 0.2) is 17.5 Å². The van der Waals surface area contributed by atoms with Gasteiger partial charge in [0.2, 0.25) is 0 Å². The zero-order valence-corrected chi connectivity index (χ0v) is 14.1. The Labute approximate surface area is 129 Å². The Balaban J connectivity index is 1.80. The SMILES string of the molecule is CCCNCc1ccc(CN(C)Cc2csc(C)n2)s1. The number of hydrogen-bond donors (Lipinski definition) is 1. The molecule has 0 radical (unpaired) electrons. The van der Waals surface area contributed by atoms with Crippen LogP contribution >= 0.6 is 22.7 Å². The summed E-state index contributed by atoms with van der Waals surface area (Å²) in [5.74, 6) is 0. The van der Waals surface area contributed by atoms with Crippen molar-refractivity contribution in [1.82, 2.24) is 15.2 Å². The van der Waals surface area contributed by atoms with Gasteiger partial charge in [0.05, 0.1) is 10.7 Å². The third-order valence-corrected chi connectivity index (χ3v) is 4.86. The molecule has 0 saturated heterocycles. The van der Waals surface area contributed by atoms with Crippen LogP contribution in [0.25, 0.3) is 0 Å². The highest BCUT2D eigenvalue weighted by Gasteiger charge is 2.06. The number of nitrogens with one attached hydrogen (secondary N) is 1. The van der Waals surface area contributed by atoms with Gasteiger partial charge in [-0.05, 0) is 39.1 Å². The van der Waals surface area contributed by atoms with E-state index in [2.05, 4.69) is 53.6 Å². The quantitative estimate of drug-likeness (QED) is 0.755. The second-order valence-corrected chi connectivity index (χ2v) is 7.39. The summed E-state index contributed by atoms with van der Waals surface area (Å²) in [6.07, 6.45) is 1.19. The molecular formula is C15H23N3S2. The maximum Gasteiger partial charge on any atom is 0.0897 e. The molecule has 0 unspecified atom stereocenters. The van der Waals surface area contributed by atoms with Crippen LogP contribution in [0.4, 0.5) is 0 Å². The molecule has 2 aromatic rings. The highest BCUT2D eigenvalue weighted by molar-refractivity contribution is 7.12. The van der Waals surface area contributed by atoms with Crippen LogP contribution in [0.1, 0.15) is 33.8 Å². The Kier molecular flexibility index (Phi) is 6.16. The molecular weight excluding hydrogens is 286 g/mol. The first-order valence-electron chi connectivity index (χ1n) is 7.05. The predicted octanol–water partition coefficient (Wildman–Crippen LogP) is 3.64. The van der Waals surface area contributed by atoms with Crippen molar-refractivity contribution in [2.24, 2.45) is 0 Å². The molecule has 0 aliphatic rings. The lowest BCUT2D eigenvalue weighted by atomic mass is 10.3. The van der Waals surface area contributed by atoms with Gasteiger partial charge in [0.25, 0.3) is 0 Å². The lowest BCUT2D eigenvalue weighted by Crippen LogP contribution is -2.16. The number of thiazole rings is 1. The van der Waals surface area contributed by atoms with E-state index in [1.54, 1.807) is 11.3 Å². The van der Waals surface area contributed by atoms with Crippen LogP contribution in [0.5, 0.6) is 0 Å². The number of hydrogen-bond acceptors (Lipinski definition) is 5. The monoisotopic (exact) mass is 309 g/mol.